The molecule has 0 spiro atoms. The van der Waals surface area contributed by atoms with Crippen molar-refractivity contribution in [2.24, 2.45) is 0 Å². The van der Waals surface area contributed by atoms with Crippen LogP contribution in [0, 0.1) is 0 Å². The van der Waals surface area contributed by atoms with Gasteiger partial charge in [-0.05, 0) is 20.3 Å². The molecule has 0 saturated carbocycles. The Morgan fingerprint density at radius 1 is 1.00 bits per heavy atom. The van der Waals surface area contributed by atoms with Crippen molar-refractivity contribution in [3.63, 3.8) is 0 Å². The maximum Gasteiger partial charge on any atom is 0.278 e. The third kappa shape index (κ3) is 6.69. The lowest BCUT2D eigenvalue weighted by molar-refractivity contribution is -0.406. The predicted molar refractivity (Wildman–Crippen MR) is 61.1 cm³/mol. The molecule has 0 saturated heterocycles. The maximum absolute atomic E-state index is 11.6. The summed E-state index contributed by atoms with van der Waals surface area (Å²) in [6.45, 7) is 2.59. The first-order valence-electron chi connectivity index (χ1n) is 5.99. The van der Waals surface area contributed by atoms with Crippen LogP contribution >= 0.6 is 0 Å². The summed E-state index contributed by atoms with van der Waals surface area (Å²) in [7, 11) is 0. The lowest BCUT2D eigenvalue weighted by Gasteiger charge is -2.19. The Kier molecular flexibility index (Phi) is 7.22. The van der Waals surface area contributed by atoms with E-state index in [9.17, 15) is 29.4 Å². The second-order valence-electron chi connectivity index (χ2n) is 4.39. The molecular weight excluding hydrogens is 270 g/mol. The van der Waals surface area contributed by atoms with E-state index in [-0.39, 0.29) is 12.8 Å². The number of amides is 2. The molecule has 0 aromatic heterocycles. The third-order valence-electron chi connectivity index (χ3n) is 2.53. The lowest BCUT2D eigenvalue weighted by Crippen LogP contribution is -2.69. The summed E-state index contributed by atoms with van der Waals surface area (Å²) in [6.07, 6.45) is -0.332. The fourth-order valence-corrected chi connectivity index (χ4v) is 1.22. The zero-order chi connectivity index (χ0) is 15.9. The molecule has 0 fully saturated rings. The number of carbonyl (C=O) groups excluding carboxylic acids is 4. The third-order valence-corrected chi connectivity index (χ3v) is 2.53. The molecule has 0 aliphatic rings. The Morgan fingerprint density at radius 2 is 1.50 bits per heavy atom. The molecule has 0 aliphatic heterocycles. The number of rotatable bonds is 8. The Morgan fingerprint density at radius 3 is 1.95 bits per heavy atom. The summed E-state index contributed by atoms with van der Waals surface area (Å²) in [5.41, 5.74) is 3.47. The first-order valence-corrected chi connectivity index (χ1v) is 5.99. The van der Waals surface area contributed by atoms with Crippen molar-refractivity contribution >= 4 is 23.8 Å². The normalized spacial score (nSPS) is 14.8. The van der Waals surface area contributed by atoms with Crippen LogP contribution < -0.4 is 26.6 Å². The van der Waals surface area contributed by atoms with E-state index in [1.165, 1.54) is 13.8 Å². The van der Waals surface area contributed by atoms with E-state index in [1.54, 1.807) is 0 Å². The van der Waals surface area contributed by atoms with E-state index in [0.29, 0.717) is 0 Å². The van der Waals surface area contributed by atoms with Crippen LogP contribution in [0.3, 0.4) is 0 Å². The van der Waals surface area contributed by atoms with E-state index < -0.39 is 41.9 Å². The van der Waals surface area contributed by atoms with Crippen molar-refractivity contribution in [3.8, 4) is 0 Å². The molecule has 0 rings (SSSR count). The number of carboxylic acid groups (broad SMARTS) is 2. The lowest BCUT2D eigenvalue weighted by atomic mass is 10.1. The Hall–Kier alpha value is -2.16. The highest BCUT2D eigenvalue weighted by molar-refractivity contribution is 5.90. The van der Waals surface area contributed by atoms with Gasteiger partial charge in [-0.3, -0.25) is 9.59 Å². The van der Waals surface area contributed by atoms with Gasteiger partial charge in [0.15, 0.2) is 6.04 Å². The zero-order valence-electron chi connectivity index (χ0n) is 11.3. The molecule has 0 heterocycles. The Balaban J connectivity index is 4.27. The van der Waals surface area contributed by atoms with Crippen molar-refractivity contribution in [3.05, 3.63) is 0 Å². The van der Waals surface area contributed by atoms with Crippen LogP contribution in [-0.2, 0) is 19.2 Å². The van der Waals surface area contributed by atoms with Gasteiger partial charge in [0.25, 0.3) is 5.91 Å². The zero-order valence-corrected chi connectivity index (χ0v) is 11.3. The average molecular weight is 288 g/mol. The standard InChI is InChI=1S/C11H19N3O6/c1-5(9(17)14-6(2)11(19)20)13-10(18)7(12)3-4-8(15)16/h5-7H,3-4,12H2,1-2H3,(H,13,18)(H,14,17)(H,15,16)(H,19,20)/p-1/t5-,6+,7-/m1/s1. The Bertz CT molecular complexity index is 398. The molecule has 0 bridgehead atoms. The first kappa shape index (κ1) is 17.8. The molecule has 9 heteroatoms. The highest BCUT2D eigenvalue weighted by atomic mass is 16.4. The first-order chi connectivity index (χ1) is 9.15. The molecular formula is C11H18N3O6-. The smallest absolute Gasteiger partial charge is 0.278 e. The molecule has 3 atom stereocenters. The maximum atomic E-state index is 11.6. The minimum Gasteiger partial charge on any atom is -0.550 e. The molecule has 9 nitrogen and oxygen atoms in total. The molecule has 20 heavy (non-hydrogen) atoms. The molecule has 2 amide bonds. The van der Waals surface area contributed by atoms with Gasteiger partial charge in [-0.15, -0.1) is 0 Å². The van der Waals surface area contributed by atoms with E-state index in [0.717, 1.165) is 0 Å². The second kappa shape index (κ2) is 8.10. The van der Waals surface area contributed by atoms with Crippen LogP contribution in [0.4, 0.5) is 0 Å². The van der Waals surface area contributed by atoms with Crippen molar-refractivity contribution in [2.45, 2.75) is 44.8 Å². The topological polar surface area (TPSA) is 166 Å². The van der Waals surface area contributed by atoms with Crippen LogP contribution in [0.25, 0.3) is 0 Å². The van der Waals surface area contributed by atoms with Gasteiger partial charge in [0.05, 0.1) is 12.0 Å². The molecule has 0 aliphatic carbocycles. The van der Waals surface area contributed by atoms with Gasteiger partial charge in [-0.25, -0.2) is 0 Å². The van der Waals surface area contributed by atoms with Gasteiger partial charge in [-0.2, -0.15) is 0 Å². The largest absolute Gasteiger partial charge is 0.550 e. The molecule has 0 unspecified atom stereocenters. The van der Waals surface area contributed by atoms with Crippen LogP contribution in [0.5, 0.6) is 0 Å². The summed E-state index contributed by atoms with van der Waals surface area (Å²) in [6, 6.07) is -3.01. The highest BCUT2D eigenvalue weighted by Gasteiger charge is 2.23. The predicted octanol–water partition coefficient (Wildman–Crippen LogP) is -5.11. The summed E-state index contributed by atoms with van der Waals surface area (Å²) < 4.78 is 0. The van der Waals surface area contributed by atoms with Gasteiger partial charge in [-0.1, -0.05) is 0 Å². The van der Waals surface area contributed by atoms with Crippen molar-refractivity contribution in [1.29, 1.82) is 0 Å². The summed E-state index contributed by atoms with van der Waals surface area (Å²) in [4.78, 5) is 43.8. The number of nitrogens with one attached hydrogen (secondary N) is 2. The van der Waals surface area contributed by atoms with Crippen molar-refractivity contribution in [1.82, 2.24) is 10.6 Å². The number of aliphatic carboxylic acids is 2. The molecule has 114 valence electrons. The number of hydrogen-bond acceptors (Lipinski definition) is 6. The average Bonchev–Trinajstić information content (AvgIpc) is 2.35. The highest BCUT2D eigenvalue weighted by Crippen LogP contribution is 1.94. The van der Waals surface area contributed by atoms with E-state index in [2.05, 4.69) is 16.4 Å². The molecule has 0 aromatic carbocycles. The van der Waals surface area contributed by atoms with Gasteiger partial charge >= 0.3 is 0 Å². The van der Waals surface area contributed by atoms with E-state index in [1.807, 2.05) is 0 Å². The quantitative estimate of drug-likeness (QED) is 0.404. The minimum absolute atomic E-state index is 0.0159. The number of carbonyl (C=O) groups is 4. The summed E-state index contributed by atoms with van der Waals surface area (Å²) in [5, 5.41) is 25.1. The summed E-state index contributed by atoms with van der Waals surface area (Å²) >= 11 is 0. The van der Waals surface area contributed by atoms with Crippen LogP contribution in [0.15, 0.2) is 0 Å². The van der Waals surface area contributed by atoms with Gasteiger partial charge in [0.2, 0.25) is 5.91 Å². The Labute approximate surface area is 115 Å². The van der Waals surface area contributed by atoms with Gasteiger partial charge < -0.3 is 36.2 Å². The fourth-order valence-electron chi connectivity index (χ4n) is 1.22. The minimum atomic E-state index is -1.44. The number of carboxylic acids is 2. The van der Waals surface area contributed by atoms with Crippen molar-refractivity contribution in [2.75, 3.05) is 0 Å². The van der Waals surface area contributed by atoms with Crippen LogP contribution in [0.1, 0.15) is 26.7 Å². The summed E-state index contributed by atoms with van der Waals surface area (Å²) in [5.74, 6) is -4.03. The number of quaternary nitrogens is 1. The monoisotopic (exact) mass is 288 g/mol. The van der Waals surface area contributed by atoms with E-state index >= 15 is 0 Å². The van der Waals surface area contributed by atoms with Crippen LogP contribution in [-0.4, -0.2) is 41.9 Å². The van der Waals surface area contributed by atoms with Crippen molar-refractivity contribution < 1.29 is 35.1 Å². The fraction of sp³-hybridized carbons (Fsp3) is 0.636. The van der Waals surface area contributed by atoms with Gasteiger partial charge in [0, 0.05) is 12.4 Å². The second-order valence-corrected chi connectivity index (χ2v) is 4.39. The van der Waals surface area contributed by atoms with Gasteiger partial charge in [0.1, 0.15) is 6.04 Å². The molecule has 0 radical (unpaired) electrons. The van der Waals surface area contributed by atoms with Crippen LogP contribution in [0.2, 0.25) is 0 Å². The number of hydrogen-bond donors (Lipinski definition) is 3. The van der Waals surface area contributed by atoms with E-state index in [4.69, 9.17) is 0 Å². The SMILES string of the molecule is C[C@H](NC(=O)[C@@H](C)NC(=O)[C@H]([NH3+])CCC(=O)[O-])C(=O)[O-]. The molecule has 0 aromatic rings. The molecule has 5 N–H and O–H groups in total.